The maximum Gasteiger partial charge on any atom is 0.356 e. The van der Waals surface area contributed by atoms with Crippen LogP contribution in [0, 0.1) is 5.82 Å². The van der Waals surface area contributed by atoms with Crippen molar-refractivity contribution in [2.45, 2.75) is 6.61 Å². The number of aromatic nitrogens is 1. The van der Waals surface area contributed by atoms with Gasteiger partial charge in [-0.05, 0) is 54.1 Å². The van der Waals surface area contributed by atoms with Crippen LogP contribution in [0.2, 0.25) is 0 Å². The Morgan fingerprint density at radius 2 is 1.77 bits per heavy atom. The Hall–Kier alpha value is -3.93. The predicted octanol–water partition coefficient (Wildman–Crippen LogP) is 5.48. The fourth-order valence-electron chi connectivity index (χ4n) is 3.04. The molecule has 0 bridgehead atoms. The van der Waals surface area contributed by atoms with E-state index in [0.717, 1.165) is 17.0 Å². The number of rotatable bonds is 6. The van der Waals surface area contributed by atoms with Crippen molar-refractivity contribution in [2.24, 2.45) is 0 Å². The Kier molecular flexibility index (Phi) is 5.57. The third-order valence-electron chi connectivity index (χ3n) is 4.55. The minimum atomic E-state index is -0.561. The van der Waals surface area contributed by atoms with Gasteiger partial charge in [-0.3, -0.25) is 0 Å². The molecule has 0 aliphatic carbocycles. The average Bonchev–Trinajstić information content (AvgIpc) is 2.79. The summed E-state index contributed by atoms with van der Waals surface area (Å²) in [5.74, 6) is -0.220. The van der Waals surface area contributed by atoms with Crippen LogP contribution in [0.3, 0.4) is 0 Å². The highest BCUT2D eigenvalue weighted by Gasteiger charge is 2.13. The number of esters is 1. The molecule has 150 valence electrons. The van der Waals surface area contributed by atoms with Gasteiger partial charge in [0.2, 0.25) is 0 Å². The molecule has 1 N–H and O–H groups in total. The molecular weight excluding hydrogens is 383 g/mol. The van der Waals surface area contributed by atoms with Gasteiger partial charge in [-0.2, -0.15) is 0 Å². The van der Waals surface area contributed by atoms with Crippen LogP contribution in [0.15, 0.2) is 78.9 Å². The molecule has 4 rings (SSSR count). The van der Waals surface area contributed by atoms with Crippen LogP contribution >= 0.6 is 0 Å². The van der Waals surface area contributed by atoms with Gasteiger partial charge in [-0.1, -0.05) is 30.3 Å². The summed E-state index contributed by atoms with van der Waals surface area (Å²) in [5, 5.41) is 3.79. The molecule has 0 unspecified atom stereocenters. The van der Waals surface area contributed by atoms with E-state index in [2.05, 4.69) is 10.3 Å². The van der Waals surface area contributed by atoms with Crippen molar-refractivity contribution in [3.63, 3.8) is 0 Å². The molecule has 0 amide bonds. The Morgan fingerprint density at radius 3 is 2.50 bits per heavy atom. The summed E-state index contributed by atoms with van der Waals surface area (Å²) in [6, 6.07) is 23.1. The second-order valence-corrected chi connectivity index (χ2v) is 6.63. The lowest BCUT2D eigenvalue weighted by atomic mass is 10.1. The zero-order valence-corrected chi connectivity index (χ0v) is 16.3. The second kappa shape index (κ2) is 8.61. The molecular formula is C24H19FN2O3. The zero-order chi connectivity index (χ0) is 20.9. The fourth-order valence-corrected chi connectivity index (χ4v) is 3.04. The summed E-state index contributed by atoms with van der Waals surface area (Å²) in [5.41, 5.74) is 3.03. The lowest BCUT2D eigenvalue weighted by Crippen LogP contribution is -2.06. The summed E-state index contributed by atoms with van der Waals surface area (Å²) in [6.45, 7) is 0.477. The topological polar surface area (TPSA) is 60.5 Å². The molecule has 5 nitrogen and oxygen atoms in total. The lowest BCUT2D eigenvalue weighted by Gasteiger charge is -2.12. The molecule has 0 saturated heterocycles. The number of anilines is 2. The first kappa shape index (κ1) is 19.4. The average molecular weight is 402 g/mol. The van der Waals surface area contributed by atoms with E-state index in [1.54, 1.807) is 6.07 Å². The van der Waals surface area contributed by atoms with Gasteiger partial charge in [0, 0.05) is 11.1 Å². The quantitative estimate of drug-likeness (QED) is 0.433. The highest BCUT2D eigenvalue weighted by atomic mass is 19.1. The second-order valence-electron chi connectivity index (χ2n) is 6.63. The van der Waals surface area contributed by atoms with Crippen LogP contribution in [0.4, 0.5) is 15.8 Å². The van der Waals surface area contributed by atoms with Crippen LogP contribution in [0.1, 0.15) is 16.1 Å². The van der Waals surface area contributed by atoms with Crippen molar-refractivity contribution in [3.05, 3.63) is 95.9 Å². The largest absolute Gasteiger partial charge is 0.489 e. The molecule has 0 atom stereocenters. The number of carbonyl (C=O) groups excluding carboxylic acids is 1. The lowest BCUT2D eigenvalue weighted by molar-refractivity contribution is 0.0594. The summed E-state index contributed by atoms with van der Waals surface area (Å²) < 4.78 is 24.4. The van der Waals surface area contributed by atoms with Gasteiger partial charge in [0.1, 0.15) is 18.2 Å². The van der Waals surface area contributed by atoms with Gasteiger partial charge in [0.05, 0.1) is 18.3 Å². The molecule has 0 aliphatic rings. The van der Waals surface area contributed by atoms with E-state index in [9.17, 15) is 9.18 Å². The highest BCUT2D eigenvalue weighted by Crippen LogP contribution is 2.28. The summed E-state index contributed by atoms with van der Waals surface area (Å²) in [7, 11) is 1.29. The minimum absolute atomic E-state index is 0.141. The van der Waals surface area contributed by atoms with Gasteiger partial charge < -0.3 is 14.8 Å². The first-order valence-electron chi connectivity index (χ1n) is 9.35. The standard InChI is InChI=1S/C24H19FN2O3/c1-29-24(28)23-14-22(20-13-17(25)7-12-21(20)27-23)26-18-8-10-19(11-9-18)30-15-16-5-3-2-4-6-16/h2-14H,15H2,1H3,(H,26,27). The van der Waals surface area contributed by atoms with E-state index in [4.69, 9.17) is 9.47 Å². The first-order chi connectivity index (χ1) is 14.6. The molecule has 6 heteroatoms. The van der Waals surface area contributed by atoms with E-state index >= 15 is 0 Å². The molecule has 3 aromatic carbocycles. The van der Waals surface area contributed by atoms with E-state index < -0.39 is 5.97 Å². The molecule has 0 radical (unpaired) electrons. The van der Waals surface area contributed by atoms with Crippen molar-refractivity contribution in [1.29, 1.82) is 0 Å². The number of carbonyl (C=O) groups is 1. The van der Waals surface area contributed by atoms with Gasteiger partial charge in [-0.25, -0.2) is 14.2 Å². The van der Waals surface area contributed by atoms with E-state index in [1.807, 2.05) is 54.6 Å². The number of ether oxygens (including phenoxy) is 2. The van der Waals surface area contributed by atoms with Crippen molar-refractivity contribution in [3.8, 4) is 5.75 Å². The molecule has 0 saturated carbocycles. The molecule has 4 aromatic rings. The third-order valence-corrected chi connectivity index (χ3v) is 4.55. The fraction of sp³-hybridized carbons (Fsp3) is 0.0833. The zero-order valence-electron chi connectivity index (χ0n) is 16.3. The Balaban J connectivity index is 1.57. The molecule has 1 heterocycles. The number of pyridine rings is 1. The summed E-state index contributed by atoms with van der Waals surface area (Å²) in [6.07, 6.45) is 0. The smallest absolute Gasteiger partial charge is 0.356 e. The van der Waals surface area contributed by atoms with Crippen LogP contribution in [0.5, 0.6) is 5.75 Å². The monoisotopic (exact) mass is 402 g/mol. The first-order valence-corrected chi connectivity index (χ1v) is 9.35. The predicted molar refractivity (Wildman–Crippen MR) is 114 cm³/mol. The Labute approximate surface area is 173 Å². The molecule has 0 aliphatic heterocycles. The van der Waals surface area contributed by atoms with Crippen LogP contribution in [-0.4, -0.2) is 18.1 Å². The summed E-state index contributed by atoms with van der Waals surface area (Å²) >= 11 is 0. The van der Waals surface area contributed by atoms with E-state index in [1.165, 1.54) is 25.3 Å². The van der Waals surface area contributed by atoms with Crippen molar-refractivity contribution < 1.29 is 18.7 Å². The van der Waals surface area contributed by atoms with Gasteiger partial charge in [0.15, 0.2) is 5.69 Å². The SMILES string of the molecule is COC(=O)c1cc(Nc2ccc(OCc3ccccc3)cc2)c2cc(F)ccc2n1. The van der Waals surface area contributed by atoms with E-state index in [0.29, 0.717) is 23.2 Å². The number of hydrogen-bond acceptors (Lipinski definition) is 5. The maximum atomic E-state index is 13.8. The minimum Gasteiger partial charge on any atom is -0.489 e. The van der Waals surface area contributed by atoms with Crippen LogP contribution < -0.4 is 10.1 Å². The van der Waals surface area contributed by atoms with Crippen molar-refractivity contribution >= 4 is 28.2 Å². The molecule has 0 spiro atoms. The normalized spacial score (nSPS) is 10.6. The highest BCUT2D eigenvalue weighted by molar-refractivity contribution is 5.98. The summed E-state index contributed by atoms with van der Waals surface area (Å²) in [4.78, 5) is 16.2. The maximum absolute atomic E-state index is 13.8. The molecule has 0 fully saturated rings. The number of hydrogen-bond donors (Lipinski definition) is 1. The number of benzene rings is 3. The number of fused-ring (bicyclic) bond motifs is 1. The number of methoxy groups -OCH3 is 1. The van der Waals surface area contributed by atoms with Crippen LogP contribution in [-0.2, 0) is 11.3 Å². The van der Waals surface area contributed by atoms with E-state index in [-0.39, 0.29) is 11.5 Å². The van der Waals surface area contributed by atoms with Gasteiger partial charge in [0.25, 0.3) is 0 Å². The van der Waals surface area contributed by atoms with Gasteiger partial charge >= 0.3 is 5.97 Å². The molecule has 30 heavy (non-hydrogen) atoms. The number of nitrogens with zero attached hydrogens (tertiary/aromatic N) is 1. The number of nitrogens with one attached hydrogen (secondary N) is 1. The van der Waals surface area contributed by atoms with Crippen molar-refractivity contribution in [2.75, 3.05) is 12.4 Å². The third kappa shape index (κ3) is 4.38. The van der Waals surface area contributed by atoms with Gasteiger partial charge in [-0.15, -0.1) is 0 Å². The Bertz CT molecular complexity index is 1180. The number of halogens is 1. The molecule has 1 aromatic heterocycles. The van der Waals surface area contributed by atoms with Crippen LogP contribution in [0.25, 0.3) is 10.9 Å². The van der Waals surface area contributed by atoms with Crippen molar-refractivity contribution in [1.82, 2.24) is 4.98 Å². The Morgan fingerprint density at radius 1 is 1.00 bits per heavy atom.